The van der Waals surface area contributed by atoms with Crippen LogP contribution in [0.5, 0.6) is 0 Å². The first kappa shape index (κ1) is 15.0. The average Bonchev–Trinajstić information content (AvgIpc) is 2.28. The van der Waals surface area contributed by atoms with Gasteiger partial charge in [0.2, 0.25) is 5.91 Å². The van der Waals surface area contributed by atoms with Gasteiger partial charge in [-0.3, -0.25) is 4.79 Å². The maximum absolute atomic E-state index is 11.8. The summed E-state index contributed by atoms with van der Waals surface area (Å²) in [6.45, 7) is 1.23. The number of benzene rings is 1. The van der Waals surface area contributed by atoms with Gasteiger partial charge >= 0.3 is 0 Å². The first-order chi connectivity index (χ1) is 8.49. The Morgan fingerprint density at radius 2 is 2.22 bits per heavy atom. The summed E-state index contributed by atoms with van der Waals surface area (Å²) in [5.41, 5.74) is 1.63. The van der Waals surface area contributed by atoms with Crippen LogP contribution in [0.4, 0.5) is 14.5 Å². The summed E-state index contributed by atoms with van der Waals surface area (Å²) >= 11 is 3.32. The van der Waals surface area contributed by atoms with E-state index >= 15 is 0 Å². The zero-order valence-electron chi connectivity index (χ0n) is 9.88. The zero-order chi connectivity index (χ0) is 13.5. The lowest BCUT2D eigenvalue weighted by molar-refractivity contribution is -0.117. The van der Waals surface area contributed by atoms with Gasteiger partial charge in [-0.15, -0.1) is 0 Å². The molecule has 0 saturated carbocycles. The highest BCUT2D eigenvalue weighted by atomic mass is 79.9. The Kier molecular flexibility index (Phi) is 6.21. The van der Waals surface area contributed by atoms with Crippen LogP contribution in [0, 0.1) is 6.92 Å². The van der Waals surface area contributed by atoms with E-state index in [1.807, 2.05) is 19.1 Å². The number of anilines is 1. The van der Waals surface area contributed by atoms with Crippen molar-refractivity contribution in [3.8, 4) is 0 Å². The molecule has 0 radical (unpaired) electrons. The third-order valence-corrected chi connectivity index (χ3v) is 2.67. The maximum Gasteiger partial charge on any atom is 0.261 e. The smallest absolute Gasteiger partial charge is 0.261 e. The van der Waals surface area contributed by atoms with Crippen molar-refractivity contribution in [1.82, 2.24) is 0 Å². The Balaban J connectivity index is 2.35. The van der Waals surface area contributed by atoms with Crippen LogP contribution in [-0.2, 0) is 9.53 Å². The summed E-state index contributed by atoms with van der Waals surface area (Å²) in [5, 5.41) is 2.70. The molecule has 0 aromatic heterocycles. The molecule has 0 aliphatic heterocycles. The Hall–Kier alpha value is -1.01. The molecule has 6 heteroatoms. The van der Waals surface area contributed by atoms with Crippen LogP contribution >= 0.6 is 15.9 Å². The number of hydrogen-bond donors (Lipinski definition) is 1. The Bertz CT molecular complexity index is 413. The van der Waals surface area contributed by atoms with Crippen molar-refractivity contribution < 1.29 is 18.3 Å². The minimum absolute atomic E-state index is 0.00819. The number of rotatable bonds is 6. The number of hydrogen-bond acceptors (Lipinski definition) is 2. The van der Waals surface area contributed by atoms with E-state index in [1.165, 1.54) is 0 Å². The van der Waals surface area contributed by atoms with Crippen molar-refractivity contribution in [1.29, 1.82) is 0 Å². The zero-order valence-corrected chi connectivity index (χ0v) is 11.5. The number of carbonyl (C=O) groups is 1. The highest BCUT2D eigenvalue weighted by Gasteiger charge is 2.06. The van der Waals surface area contributed by atoms with Gasteiger partial charge in [0, 0.05) is 10.2 Å². The lowest BCUT2D eigenvalue weighted by atomic mass is 10.2. The minimum Gasteiger partial charge on any atom is -0.375 e. The quantitative estimate of drug-likeness (QED) is 0.816. The van der Waals surface area contributed by atoms with E-state index in [4.69, 9.17) is 0 Å². The fourth-order valence-electron chi connectivity index (χ4n) is 1.32. The molecule has 0 bridgehead atoms. The summed E-state index contributed by atoms with van der Waals surface area (Å²) in [5.74, 6) is -0.255. The van der Waals surface area contributed by atoms with Crippen molar-refractivity contribution in [3.63, 3.8) is 0 Å². The molecule has 0 aliphatic carbocycles. The van der Waals surface area contributed by atoms with Gasteiger partial charge in [0.05, 0.1) is 13.0 Å². The third kappa shape index (κ3) is 5.55. The molecule has 0 spiro atoms. The van der Waals surface area contributed by atoms with Gasteiger partial charge in [-0.25, -0.2) is 8.78 Å². The first-order valence-electron chi connectivity index (χ1n) is 5.41. The lowest BCUT2D eigenvalue weighted by Crippen LogP contribution is -2.16. The molecule has 1 aromatic carbocycles. The number of aryl methyl sites for hydroxylation is 1. The highest BCUT2D eigenvalue weighted by molar-refractivity contribution is 9.10. The van der Waals surface area contributed by atoms with E-state index in [2.05, 4.69) is 26.0 Å². The van der Waals surface area contributed by atoms with E-state index in [-0.39, 0.29) is 18.9 Å². The van der Waals surface area contributed by atoms with Crippen molar-refractivity contribution in [2.45, 2.75) is 19.8 Å². The van der Waals surface area contributed by atoms with Crippen molar-refractivity contribution in [2.75, 3.05) is 18.5 Å². The van der Waals surface area contributed by atoms with Crippen LogP contribution in [0.3, 0.4) is 0 Å². The van der Waals surface area contributed by atoms with E-state index in [0.717, 1.165) is 10.0 Å². The minimum atomic E-state index is -2.50. The Morgan fingerprint density at radius 1 is 1.50 bits per heavy atom. The molecule has 1 rings (SSSR count). The molecule has 18 heavy (non-hydrogen) atoms. The summed E-state index contributed by atoms with van der Waals surface area (Å²) in [6, 6.07) is 5.47. The van der Waals surface area contributed by atoms with E-state index in [1.54, 1.807) is 6.07 Å². The lowest BCUT2D eigenvalue weighted by Gasteiger charge is -2.09. The van der Waals surface area contributed by atoms with Crippen LogP contribution in [0.1, 0.15) is 12.0 Å². The number of nitrogens with one attached hydrogen (secondary N) is 1. The van der Waals surface area contributed by atoms with Gasteiger partial charge in [-0.2, -0.15) is 0 Å². The fraction of sp³-hybridized carbons (Fsp3) is 0.417. The van der Waals surface area contributed by atoms with Gasteiger partial charge in [0.25, 0.3) is 6.43 Å². The van der Waals surface area contributed by atoms with E-state index in [9.17, 15) is 13.6 Å². The molecule has 0 atom stereocenters. The number of carbonyl (C=O) groups excluding carboxylic acids is 1. The number of ether oxygens (including phenoxy) is 1. The van der Waals surface area contributed by atoms with Crippen LogP contribution in [0.2, 0.25) is 0 Å². The van der Waals surface area contributed by atoms with Crippen LogP contribution in [-0.4, -0.2) is 25.5 Å². The normalized spacial score (nSPS) is 10.7. The van der Waals surface area contributed by atoms with Crippen LogP contribution < -0.4 is 5.32 Å². The van der Waals surface area contributed by atoms with Gasteiger partial charge < -0.3 is 10.1 Å². The van der Waals surface area contributed by atoms with Crippen molar-refractivity contribution >= 4 is 27.5 Å². The van der Waals surface area contributed by atoms with Gasteiger partial charge in [0.1, 0.15) is 6.61 Å². The standard InChI is InChI=1S/C12H14BrF2NO2/c1-8-6-9(13)2-3-10(8)16-12(17)4-5-18-7-11(14)15/h2-3,6,11H,4-5,7H2,1H3,(H,16,17). The summed E-state index contributed by atoms with van der Waals surface area (Å²) in [6.07, 6.45) is -2.44. The molecule has 0 fully saturated rings. The van der Waals surface area contributed by atoms with E-state index < -0.39 is 13.0 Å². The molecule has 0 unspecified atom stereocenters. The molecule has 100 valence electrons. The second-order valence-corrected chi connectivity index (χ2v) is 4.64. The Labute approximate surface area is 113 Å². The molecule has 3 nitrogen and oxygen atoms in total. The number of amides is 1. The molecular formula is C12H14BrF2NO2. The average molecular weight is 322 g/mol. The molecule has 0 saturated heterocycles. The van der Waals surface area contributed by atoms with Gasteiger partial charge in [-0.1, -0.05) is 15.9 Å². The van der Waals surface area contributed by atoms with Crippen LogP contribution in [0.25, 0.3) is 0 Å². The summed E-state index contributed by atoms with van der Waals surface area (Å²) < 4.78 is 29.1. The molecule has 0 aliphatic rings. The fourth-order valence-corrected chi connectivity index (χ4v) is 1.79. The highest BCUT2D eigenvalue weighted by Crippen LogP contribution is 2.20. The molecule has 1 amide bonds. The van der Waals surface area contributed by atoms with Crippen LogP contribution in [0.15, 0.2) is 22.7 Å². The van der Waals surface area contributed by atoms with Crippen molar-refractivity contribution in [2.24, 2.45) is 0 Å². The third-order valence-electron chi connectivity index (χ3n) is 2.18. The second kappa shape index (κ2) is 7.43. The number of alkyl halides is 2. The predicted octanol–water partition coefficient (Wildman–Crippen LogP) is 3.37. The maximum atomic E-state index is 11.8. The molecular weight excluding hydrogens is 308 g/mol. The second-order valence-electron chi connectivity index (χ2n) is 3.72. The first-order valence-corrected chi connectivity index (χ1v) is 6.20. The SMILES string of the molecule is Cc1cc(Br)ccc1NC(=O)CCOCC(F)F. The van der Waals surface area contributed by atoms with Gasteiger partial charge in [-0.05, 0) is 30.7 Å². The Morgan fingerprint density at radius 3 is 2.83 bits per heavy atom. The van der Waals surface area contributed by atoms with Crippen molar-refractivity contribution in [3.05, 3.63) is 28.2 Å². The monoisotopic (exact) mass is 321 g/mol. The predicted molar refractivity (Wildman–Crippen MR) is 68.9 cm³/mol. The molecule has 1 N–H and O–H groups in total. The van der Waals surface area contributed by atoms with E-state index in [0.29, 0.717) is 5.69 Å². The molecule has 1 aromatic rings. The molecule has 0 heterocycles. The van der Waals surface area contributed by atoms with Gasteiger partial charge in [0.15, 0.2) is 0 Å². The summed E-state index contributed by atoms with van der Waals surface area (Å²) in [4.78, 5) is 11.5. The topological polar surface area (TPSA) is 38.3 Å². The largest absolute Gasteiger partial charge is 0.375 e. The summed E-state index contributed by atoms with van der Waals surface area (Å²) in [7, 11) is 0. The number of halogens is 3.